The Morgan fingerprint density at radius 2 is 0.875 bits per heavy atom. The third-order valence-electron chi connectivity index (χ3n) is 9.99. The van der Waals surface area contributed by atoms with Gasteiger partial charge in [-0.1, -0.05) is 206 Å². The van der Waals surface area contributed by atoms with E-state index in [-0.39, 0.29) is 6.42 Å². The summed E-state index contributed by atoms with van der Waals surface area (Å²) in [6.45, 7) is 4.03. The molecule has 0 spiro atoms. The van der Waals surface area contributed by atoms with E-state index in [1.165, 1.54) is 161 Å². The topological polar surface area (TPSA) is 110 Å². The normalized spacial score (nSPS) is 14.4. The van der Waals surface area contributed by atoms with Gasteiger partial charge in [0.05, 0.1) is 18.8 Å². The van der Waals surface area contributed by atoms with Crippen molar-refractivity contribution in [1.29, 1.82) is 0 Å². The number of unbranched alkanes of at least 4 members (excludes halogenated alkanes) is 28. The molecule has 0 aromatic rings. The van der Waals surface area contributed by atoms with Crippen LogP contribution in [-0.2, 0) is 4.79 Å². The Labute approximate surface area is 298 Å². The minimum atomic E-state index is -1.27. The lowest BCUT2D eigenvalue weighted by Crippen LogP contribution is -2.53. The van der Waals surface area contributed by atoms with Gasteiger partial charge in [0.2, 0.25) is 5.91 Å². The predicted octanol–water partition coefficient (Wildman–Crippen LogP) is 10.6. The SMILES string of the molecule is CCCCCCCCCCCCC/C=C/C[C@@H](O)C(=O)N[C@@H](CO)[C@H](O)[C@H](O)CCCCCCCCCCCCCCCCCCCC. The van der Waals surface area contributed by atoms with Gasteiger partial charge in [-0.15, -0.1) is 0 Å². The smallest absolute Gasteiger partial charge is 0.249 e. The average Bonchev–Trinajstić information content (AvgIpc) is 3.09. The molecule has 48 heavy (non-hydrogen) atoms. The molecular formula is C42H83NO5. The number of nitrogens with one attached hydrogen (secondary N) is 1. The number of rotatable bonds is 38. The molecule has 0 saturated heterocycles. The number of carbonyl (C=O) groups excluding carboxylic acids is 1. The summed E-state index contributed by atoms with van der Waals surface area (Å²) in [4.78, 5) is 12.4. The van der Waals surface area contributed by atoms with E-state index in [1.54, 1.807) is 0 Å². The van der Waals surface area contributed by atoms with E-state index in [1.807, 2.05) is 12.2 Å². The zero-order valence-electron chi connectivity index (χ0n) is 32.0. The van der Waals surface area contributed by atoms with E-state index in [9.17, 15) is 25.2 Å². The maximum atomic E-state index is 12.4. The van der Waals surface area contributed by atoms with Crippen molar-refractivity contribution in [2.24, 2.45) is 0 Å². The molecule has 0 saturated carbocycles. The third kappa shape index (κ3) is 31.1. The quantitative estimate of drug-likeness (QED) is 0.0329. The van der Waals surface area contributed by atoms with Crippen LogP contribution in [0, 0.1) is 0 Å². The standard InChI is InChI=1S/C42H83NO5/c1-3-5-7-9-11-13-15-17-19-20-21-22-24-25-27-29-31-33-35-39(45)41(47)38(37-44)43-42(48)40(46)36-34-32-30-28-26-23-18-16-14-12-10-8-6-4-2/h32,34,38-41,44-47H,3-31,33,35-37H2,1-2H3,(H,43,48)/b34-32+/t38-,39+,40+,41-/m0/s1. The molecule has 0 aromatic carbocycles. The third-order valence-corrected chi connectivity index (χ3v) is 9.99. The maximum absolute atomic E-state index is 12.4. The Kier molecular flexibility index (Phi) is 36.6. The second-order valence-corrected chi connectivity index (χ2v) is 14.7. The molecule has 0 aromatic heterocycles. The zero-order chi connectivity index (χ0) is 35.3. The van der Waals surface area contributed by atoms with Crippen molar-refractivity contribution in [3.8, 4) is 0 Å². The lowest BCUT2D eigenvalue weighted by Gasteiger charge is -2.27. The van der Waals surface area contributed by atoms with Crippen LogP contribution in [0.1, 0.15) is 219 Å². The van der Waals surface area contributed by atoms with Crippen molar-refractivity contribution < 1.29 is 25.2 Å². The Morgan fingerprint density at radius 3 is 1.25 bits per heavy atom. The molecule has 0 aliphatic heterocycles. The molecule has 1 amide bonds. The summed E-state index contributed by atoms with van der Waals surface area (Å²) in [7, 11) is 0. The van der Waals surface area contributed by atoms with E-state index in [2.05, 4.69) is 19.2 Å². The molecule has 6 nitrogen and oxygen atoms in total. The summed E-state index contributed by atoms with van der Waals surface area (Å²) in [5, 5.41) is 43.5. The summed E-state index contributed by atoms with van der Waals surface area (Å²) in [5.41, 5.74) is 0. The lowest BCUT2D eigenvalue weighted by molar-refractivity contribution is -0.132. The van der Waals surface area contributed by atoms with Gasteiger partial charge in [-0.2, -0.15) is 0 Å². The fourth-order valence-electron chi connectivity index (χ4n) is 6.59. The van der Waals surface area contributed by atoms with E-state index >= 15 is 0 Å². The summed E-state index contributed by atoms with van der Waals surface area (Å²) in [5.74, 6) is -0.632. The van der Waals surface area contributed by atoms with Crippen LogP contribution < -0.4 is 5.32 Å². The van der Waals surface area contributed by atoms with Crippen LogP contribution in [0.25, 0.3) is 0 Å². The largest absolute Gasteiger partial charge is 0.394 e. The van der Waals surface area contributed by atoms with Crippen molar-refractivity contribution in [3.63, 3.8) is 0 Å². The number of carbonyl (C=O) groups is 1. The van der Waals surface area contributed by atoms with Gasteiger partial charge >= 0.3 is 0 Å². The molecule has 0 fully saturated rings. The fraction of sp³-hybridized carbons (Fsp3) is 0.929. The van der Waals surface area contributed by atoms with E-state index in [0.717, 1.165) is 32.1 Å². The minimum absolute atomic E-state index is 0.194. The number of allylic oxidation sites excluding steroid dienone is 1. The molecule has 0 bridgehead atoms. The van der Waals surface area contributed by atoms with Crippen molar-refractivity contribution >= 4 is 5.91 Å². The zero-order valence-corrected chi connectivity index (χ0v) is 32.0. The summed E-state index contributed by atoms with van der Waals surface area (Å²) >= 11 is 0. The molecule has 0 heterocycles. The molecule has 4 atom stereocenters. The Bertz CT molecular complexity index is 687. The predicted molar refractivity (Wildman–Crippen MR) is 205 cm³/mol. The first-order chi connectivity index (χ1) is 23.5. The maximum Gasteiger partial charge on any atom is 0.249 e. The second kappa shape index (κ2) is 37.3. The van der Waals surface area contributed by atoms with Gasteiger partial charge in [0.15, 0.2) is 0 Å². The molecule has 0 aliphatic rings. The number of amides is 1. The molecule has 0 rings (SSSR count). The first kappa shape index (κ1) is 47.0. The van der Waals surface area contributed by atoms with Gasteiger partial charge in [-0.05, 0) is 19.3 Å². The van der Waals surface area contributed by atoms with E-state index in [4.69, 9.17) is 0 Å². The van der Waals surface area contributed by atoms with Crippen LogP contribution in [0.4, 0.5) is 0 Å². The van der Waals surface area contributed by atoms with Crippen molar-refractivity contribution in [2.75, 3.05) is 6.61 Å². The van der Waals surface area contributed by atoms with E-state index < -0.39 is 36.9 Å². The highest BCUT2D eigenvalue weighted by atomic mass is 16.3. The molecule has 0 aliphatic carbocycles. The van der Waals surface area contributed by atoms with Crippen LogP contribution in [0.3, 0.4) is 0 Å². The fourth-order valence-corrected chi connectivity index (χ4v) is 6.59. The van der Waals surface area contributed by atoms with Gasteiger partial charge in [-0.3, -0.25) is 4.79 Å². The highest BCUT2D eigenvalue weighted by Gasteiger charge is 2.28. The van der Waals surface area contributed by atoms with Crippen LogP contribution in [-0.4, -0.2) is 57.3 Å². The second-order valence-electron chi connectivity index (χ2n) is 14.7. The van der Waals surface area contributed by atoms with Crippen molar-refractivity contribution in [2.45, 2.75) is 244 Å². The Balaban J connectivity index is 3.77. The van der Waals surface area contributed by atoms with Gasteiger partial charge < -0.3 is 25.7 Å². The Morgan fingerprint density at radius 1 is 0.521 bits per heavy atom. The van der Waals surface area contributed by atoms with Crippen molar-refractivity contribution in [3.05, 3.63) is 12.2 Å². The molecule has 0 unspecified atom stereocenters. The van der Waals surface area contributed by atoms with E-state index in [0.29, 0.717) is 6.42 Å². The van der Waals surface area contributed by atoms with Gasteiger partial charge in [0.25, 0.3) is 0 Å². The number of aliphatic hydroxyl groups is 4. The van der Waals surface area contributed by atoms with Gasteiger partial charge in [0.1, 0.15) is 12.2 Å². The van der Waals surface area contributed by atoms with Gasteiger partial charge in [-0.25, -0.2) is 0 Å². The first-order valence-corrected chi connectivity index (χ1v) is 21.1. The van der Waals surface area contributed by atoms with Crippen molar-refractivity contribution in [1.82, 2.24) is 5.32 Å². The minimum Gasteiger partial charge on any atom is -0.394 e. The molecule has 286 valence electrons. The number of hydrogen-bond acceptors (Lipinski definition) is 5. The summed E-state index contributed by atoms with van der Waals surface area (Å²) < 4.78 is 0. The number of hydrogen-bond donors (Lipinski definition) is 5. The molecule has 6 heteroatoms. The molecular weight excluding hydrogens is 598 g/mol. The monoisotopic (exact) mass is 682 g/mol. The Hall–Kier alpha value is -0.950. The lowest BCUT2D eigenvalue weighted by atomic mass is 9.99. The van der Waals surface area contributed by atoms with Crippen LogP contribution in [0.5, 0.6) is 0 Å². The van der Waals surface area contributed by atoms with Crippen LogP contribution in [0.15, 0.2) is 12.2 Å². The summed E-state index contributed by atoms with van der Waals surface area (Å²) in [6.07, 6.45) is 39.6. The first-order valence-electron chi connectivity index (χ1n) is 21.1. The summed E-state index contributed by atoms with van der Waals surface area (Å²) in [6, 6.07) is -1.00. The average molecular weight is 682 g/mol. The van der Waals surface area contributed by atoms with Crippen LogP contribution in [0.2, 0.25) is 0 Å². The molecule has 5 N–H and O–H groups in total. The highest BCUT2D eigenvalue weighted by Crippen LogP contribution is 2.16. The van der Waals surface area contributed by atoms with Crippen LogP contribution >= 0.6 is 0 Å². The highest BCUT2D eigenvalue weighted by molar-refractivity contribution is 5.81. The molecule has 0 radical (unpaired) electrons. The van der Waals surface area contributed by atoms with Gasteiger partial charge in [0, 0.05) is 6.42 Å². The number of aliphatic hydroxyl groups excluding tert-OH is 4.